The molecule has 1 aromatic heterocycles. The number of urea groups is 1. The molecule has 3 rings (SSSR count). The smallest absolute Gasteiger partial charge is 0.319 e. The summed E-state index contributed by atoms with van der Waals surface area (Å²) in [6.45, 7) is 5.61. The van der Waals surface area contributed by atoms with Crippen molar-refractivity contribution in [3.63, 3.8) is 0 Å². The van der Waals surface area contributed by atoms with Crippen molar-refractivity contribution < 1.29 is 9.53 Å². The Morgan fingerprint density at radius 3 is 2.71 bits per heavy atom. The van der Waals surface area contributed by atoms with Gasteiger partial charge in [0.15, 0.2) is 0 Å². The second kappa shape index (κ2) is 7.79. The molecule has 1 aliphatic heterocycles. The van der Waals surface area contributed by atoms with Gasteiger partial charge in [-0.1, -0.05) is 17.7 Å². The van der Waals surface area contributed by atoms with Gasteiger partial charge in [-0.2, -0.15) is 0 Å². The van der Waals surface area contributed by atoms with E-state index < -0.39 is 0 Å². The molecule has 1 aromatic carbocycles. The monoisotopic (exact) mass is 326 g/mol. The largest absolute Gasteiger partial charge is 0.378 e. The second-order valence-corrected chi connectivity index (χ2v) is 5.80. The summed E-state index contributed by atoms with van der Waals surface area (Å²) >= 11 is 0. The maximum Gasteiger partial charge on any atom is 0.319 e. The molecule has 1 fully saturated rings. The molecule has 0 atom stereocenters. The maximum absolute atomic E-state index is 12.0. The summed E-state index contributed by atoms with van der Waals surface area (Å²) < 4.78 is 5.36. The van der Waals surface area contributed by atoms with Gasteiger partial charge in [0.05, 0.1) is 13.2 Å². The zero-order valence-corrected chi connectivity index (χ0v) is 13.8. The lowest BCUT2D eigenvalue weighted by molar-refractivity contribution is 0.122. The Bertz CT molecular complexity index is 682. The Morgan fingerprint density at radius 2 is 1.96 bits per heavy atom. The molecular formula is C18H22N4O2. The Balaban J connectivity index is 1.54. The highest BCUT2D eigenvalue weighted by atomic mass is 16.5. The molecule has 1 saturated heterocycles. The first-order valence-electron chi connectivity index (χ1n) is 8.10. The van der Waals surface area contributed by atoms with E-state index in [9.17, 15) is 4.79 Å². The topological polar surface area (TPSA) is 66.5 Å². The summed E-state index contributed by atoms with van der Waals surface area (Å²) in [6, 6.07) is 11.4. The summed E-state index contributed by atoms with van der Waals surface area (Å²) in [5.41, 5.74) is 2.96. The standard InChI is InChI=1S/C18H22N4O2/c1-14-2-4-16(5-3-14)21-18(23)20-13-15-6-7-19-17(12-15)22-8-10-24-11-9-22/h2-7,12H,8-11,13H2,1H3,(H2,20,21,23). The number of anilines is 2. The van der Waals surface area contributed by atoms with E-state index in [4.69, 9.17) is 4.74 Å². The van der Waals surface area contributed by atoms with Gasteiger partial charge in [0, 0.05) is 31.5 Å². The van der Waals surface area contributed by atoms with Crippen molar-refractivity contribution in [2.24, 2.45) is 0 Å². The van der Waals surface area contributed by atoms with E-state index in [-0.39, 0.29) is 6.03 Å². The number of rotatable bonds is 4. The second-order valence-electron chi connectivity index (χ2n) is 5.80. The van der Waals surface area contributed by atoms with Crippen LogP contribution in [0.2, 0.25) is 0 Å². The third-order valence-corrected chi connectivity index (χ3v) is 3.91. The summed E-state index contributed by atoms with van der Waals surface area (Å²) in [4.78, 5) is 18.6. The van der Waals surface area contributed by atoms with Crippen LogP contribution in [0.5, 0.6) is 0 Å². The molecule has 2 N–H and O–H groups in total. The lowest BCUT2D eigenvalue weighted by atomic mass is 10.2. The molecule has 0 spiro atoms. The van der Waals surface area contributed by atoms with Crippen molar-refractivity contribution >= 4 is 17.5 Å². The molecule has 2 amide bonds. The first kappa shape index (κ1) is 16.3. The van der Waals surface area contributed by atoms with Crippen LogP contribution in [-0.4, -0.2) is 37.3 Å². The Morgan fingerprint density at radius 1 is 1.21 bits per heavy atom. The van der Waals surface area contributed by atoms with Crippen molar-refractivity contribution in [1.82, 2.24) is 10.3 Å². The van der Waals surface area contributed by atoms with Crippen LogP contribution in [0, 0.1) is 6.92 Å². The molecule has 0 unspecified atom stereocenters. The molecular weight excluding hydrogens is 304 g/mol. The van der Waals surface area contributed by atoms with E-state index >= 15 is 0 Å². The minimum Gasteiger partial charge on any atom is -0.378 e. The number of hydrogen-bond acceptors (Lipinski definition) is 4. The predicted molar refractivity (Wildman–Crippen MR) is 94.3 cm³/mol. The highest BCUT2D eigenvalue weighted by Gasteiger charge is 2.12. The van der Waals surface area contributed by atoms with Gasteiger partial charge in [-0.3, -0.25) is 0 Å². The van der Waals surface area contributed by atoms with Crippen molar-refractivity contribution in [3.8, 4) is 0 Å². The van der Waals surface area contributed by atoms with Crippen LogP contribution in [0.4, 0.5) is 16.3 Å². The van der Waals surface area contributed by atoms with Gasteiger partial charge in [-0.25, -0.2) is 9.78 Å². The van der Waals surface area contributed by atoms with Crippen LogP contribution >= 0.6 is 0 Å². The van der Waals surface area contributed by atoms with Crippen molar-refractivity contribution in [1.29, 1.82) is 0 Å². The maximum atomic E-state index is 12.0. The summed E-state index contributed by atoms with van der Waals surface area (Å²) in [7, 11) is 0. The van der Waals surface area contributed by atoms with E-state index in [1.807, 2.05) is 43.3 Å². The van der Waals surface area contributed by atoms with Crippen LogP contribution in [0.3, 0.4) is 0 Å². The molecule has 6 nitrogen and oxygen atoms in total. The minimum absolute atomic E-state index is 0.219. The van der Waals surface area contributed by atoms with Gasteiger partial charge >= 0.3 is 6.03 Å². The van der Waals surface area contributed by atoms with E-state index in [2.05, 4.69) is 20.5 Å². The number of hydrogen-bond donors (Lipinski definition) is 2. The average Bonchev–Trinajstić information content (AvgIpc) is 2.63. The van der Waals surface area contributed by atoms with Gasteiger partial charge in [0.25, 0.3) is 0 Å². The van der Waals surface area contributed by atoms with E-state index in [0.717, 1.165) is 48.9 Å². The number of carbonyl (C=O) groups excluding carboxylic acids is 1. The third-order valence-electron chi connectivity index (χ3n) is 3.91. The molecule has 126 valence electrons. The van der Waals surface area contributed by atoms with Gasteiger partial charge in [0.2, 0.25) is 0 Å². The van der Waals surface area contributed by atoms with E-state index in [1.165, 1.54) is 0 Å². The number of morpholine rings is 1. The first-order valence-corrected chi connectivity index (χ1v) is 8.10. The van der Waals surface area contributed by atoms with Crippen molar-refractivity contribution in [2.45, 2.75) is 13.5 Å². The number of amides is 2. The van der Waals surface area contributed by atoms with E-state index in [1.54, 1.807) is 6.20 Å². The third kappa shape index (κ3) is 4.45. The number of aromatic nitrogens is 1. The fraction of sp³-hybridized carbons (Fsp3) is 0.333. The lowest BCUT2D eigenvalue weighted by Crippen LogP contribution is -2.36. The molecule has 0 radical (unpaired) electrons. The number of carbonyl (C=O) groups is 1. The quantitative estimate of drug-likeness (QED) is 0.906. The fourth-order valence-corrected chi connectivity index (χ4v) is 2.53. The van der Waals surface area contributed by atoms with Crippen LogP contribution < -0.4 is 15.5 Å². The van der Waals surface area contributed by atoms with Gasteiger partial charge < -0.3 is 20.3 Å². The van der Waals surface area contributed by atoms with Crippen LogP contribution in [0.15, 0.2) is 42.6 Å². The highest BCUT2D eigenvalue weighted by molar-refractivity contribution is 5.89. The first-order chi connectivity index (χ1) is 11.7. The lowest BCUT2D eigenvalue weighted by Gasteiger charge is -2.28. The highest BCUT2D eigenvalue weighted by Crippen LogP contribution is 2.14. The molecule has 2 aromatic rings. The van der Waals surface area contributed by atoms with Gasteiger partial charge in [-0.05, 0) is 36.8 Å². The number of nitrogens with zero attached hydrogens (tertiary/aromatic N) is 2. The molecule has 2 heterocycles. The zero-order chi connectivity index (χ0) is 16.8. The van der Waals surface area contributed by atoms with Gasteiger partial charge in [-0.15, -0.1) is 0 Å². The summed E-state index contributed by atoms with van der Waals surface area (Å²) in [6.07, 6.45) is 1.78. The Hall–Kier alpha value is -2.60. The number of pyridine rings is 1. The molecule has 0 aliphatic carbocycles. The molecule has 0 bridgehead atoms. The molecule has 6 heteroatoms. The molecule has 0 saturated carbocycles. The SMILES string of the molecule is Cc1ccc(NC(=O)NCc2ccnc(N3CCOCC3)c2)cc1. The van der Waals surface area contributed by atoms with Crippen LogP contribution in [-0.2, 0) is 11.3 Å². The number of ether oxygens (including phenoxy) is 1. The Labute approximate surface area is 141 Å². The zero-order valence-electron chi connectivity index (χ0n) is 13.8. The fourth-order valence-electron chi connectivity index (χ4n) is 2.53. The molecule has 1 aliphatic rings. The number of nitrogens with one attached hydrogen (secondary N) is 2. The average molecular weight is 326 g/mol. The number of benzene rings is 1. The molecule has 24 heavy (non-hydrogen) atoms. The summed E-state index contributed by atoms with van der Waals surface area (Å²) in [5.74, 6) is 0.927. The van der Waals surface area contributed by atoms with E-state index in [0.29, 0.717) is 6.54 Å². The van der Waals surface area contributed by atoms with Crippen molar-refractivity contribution in [3.05, 3.63) is 53.7 Å². The summed E-state index contributed by atoms with van der Waals surface area (Å²) in [5, 5.41) is 5.70. The van der Waals surface area contributed by atoms with Crippen molar-refractivity contribution in [2.75, 3.05) is 36.5 Å². The van der Waals surface area contributed by atoms with Gasteiger partial charge in [0.1, 0.15) is 5.82 Å². The number of aryl methyl sites for hydroxylation is 1. The normalized spacial score (nSPS) is 14.3. The van der Waals surface area contributed by atoms with Crippen LogP contribution in [0.25, 0.3) is 0 Å². The minimum atomic E-state index is -0.219. The predicted octanol–water partition coefficient (Wildman–Crippen LogP) is 2.55. The Kier molecular flexibility index (Phi) is 5.28. The van der Waals surface area contributed by atoms with Crippen LogP contribution in [0.1, 0.15) is 11.1 Å².